The maximum Gasteiger partial charge on any atom is 0.251 e. The molecule has 0 fully saturated rings. The monoisotopic (exact) mass is 701 g/mol. The van der Waals surface area contributed by atoms with Crippen molar-refractivity contribution in [2.45, 2.75) is 19.3 Å². The lowest BCUT2D eigenvalue weighted by atomic mass is 10.2. The minimum Gasteiger partial charge on any atom is -0.508 e. The summed E-state index contributed by atoms with van der Waals surface area (Å²) < 4.78 is 16.6. The fraction of sp³-hybridized carbons (Fsp3) is 0.361. The number of benzene rings is 3. The van der Waals surface area contributed by atoms with E-state index in [4.69, 9.17) is 19.9 Å². The highest BCUT2D eigenvalue weighted by atomic mass is 16.5. The first-order chi connectivity index (χ1) is 25.0. The smallest absolute Gasteiger partial charge is 0.251 e. The van der Waals surface area contributed by atoms with Crippen LogP contribution in [-0.4, -0.2) is 97.7 Å². The summed E-state index contributed by atoms with van der Waals surface area (Å²) in [6.07, 6.45) is 2.76. The molecule has 4 rings (SSSR count). The Kier molecular flexibility index (Phi) is 16.9. The van der Waals surface area contributed by atoms with Gasteiger partial charge in [-0.15, -0.1) is 0 Å². The molecule has 15 nitrogen and oxygen atoms in total. The third-order valence-electron chi connectivity index (χ3n) is 7.14. The maximum absolute atomic E-state index is 12.6. The Morgan fingerprint density at radius 1 is 0.569 bits per heavy atom. The number of unbranched alkanes of at least 4 members (excludes halogenated alkanes) is 2. The number of nitrogens with one attached hydrogen (secondary N) is 5. The molecule has 0 bridgehead atoms. The van der Waals surface area contributed by atoms with Crippen molar-refractivity contribution in [2.75, 3.05) is 81.8 Å². The molecule has 0 atom stereocenters. The Hall–Kier alpha value is -5.35. The molecule has 8 N–H and O–H groups in total. The number of ether oxygens (including phenoxy) is 3. The molecule has 1 aromatic heterocycles. The van der Waals surface area contributed by atoms with Gasteiger partial charge in [0, 0.05) is 55.3 Å². The molecule has 3 aromatic carbocycles. The quantitative estimate of drug-likeness (QED) is 0.0410. The number of carbonyl (C=O) groups excluding carboxylic acids is 2. The van der Waals surface area contributed by atoms with Crippen molar-refractivity contribution >= 4 is 41.0 Å². The van der Waals surface area contributed by atoms with Crippen LogP contribution in [0.1, 0.15) is 40.0 Å². The molecule has 0 saturated heterocycles. The fourth-order valence-electron chi connectivity index (χ4n) is 4.56. The number of carbonyl (C=O) groups is 2. The van der Waals surface area contributed by atoms with Crippen LogP contribution in [0.15, 0.2) is 78.9 Å². The van der Waals surface area contributed by atoms with E-state index in [0.29, 0.717) is 94.3 Å². The van der Waals surface area contributed by atoms with Crippen molar-refractivity contribution in [3.63, 3.8) is 0 Å². The van der Waals surface area contributed by atoms with E-state index in [-0.39, 0.29) is 29.5 Å². The van der Waals surface area contributed by atoms with Gasteiger partial charge >= 0.3 is 0 Å². The van der Waals surface area contributed by atoms with Crippen molar-refractivity contribution in [1.82, 2.24) is 25.6 Å². The summed E-state index contributed by atoms with van der Waals surface area (Å²) in [5.74, 6) is 0.716. The van der Waals surface area contributed by atoms with Gasteiger partial charge in [-0.3, -0.25) is 9.59 Å². The molecule has 0 radical (unpaired) electrons. The van der Waals surface area contributed by atoms with E-state index < -0.39 is 0 Å². The first kappa shape index (κ1) is 38.5. The lowest BCUT2D eigenvalue weighted by Gasteiger charge is -2.12. The summed E-state index contributed by atoms with van der Waals surface area (Å²) in [6, 6.07) is 22.6. The lowest BCUT2D eigenvalue weighted by molar-refractivity contribution is 0.0519. The number of anilines is 5. The van der Waals surface area contributed by atoms with E-state index >= 15 is 0 Å². The lowest BCUT2D eigenvalue weighted by Crippen LogP contribution is -2.27. The number of hydrogen-bond acceptors (Lipinski definition) is 13. The molecule has 51 heavy (non-hydrogen) atoms. The van der Waals surface area contributed by atoms with Crippen molar-refractivity contribution in [3.8, 4) is 5.75 Å². The van der Waals surface area contributed by atoms with E-state index in [1.165, 1.54) is 0 Å². The van der Waals surface area contributed by atoms with Crippen LogP contribution in [0.4, 0.5) is 29.2 Å². The topological polar surface area (TPSA) is 207 Å². The zero-order valence-corrected chi connectivity index (χ0v) is 28.6. The summed E-state index contributed by atoms with van der Waals surface area (Å²) in [4.78, 5) is 38.1. The molecule has 4 aromatic rings. The zero-order valence-electron chi connectivity index (χ0n) is 28.6. The number of phenolic OH excluding ortho intramolecular Hbond substituents is 1. The highest BCUT2D eigenvalue weighted by Gasteiger charge is 2.10. The van der Waals surface area contributed by atoms with Gasteiger partial charge in [-0.2, -0.15) is 15.0 Å². The first-order valence-corrected chi connectivity index (χ1v) is 17.0. The van der Waals surface area contributed by atoms with Crippen LogP contribution >= 0.6 is 0 Å². The summed E-state index contributed by atoms with van der Waals surface area (Å²) in [6.45, 7) is 4.68. The number of rotatable bonds is 24. The second-order valence-corrected chi connectivity index (χ2v) is 11.2. The van der Waals surface area contributed by atoms with Crippen LogP contribution in [0.5, 0.6) is 5.75 Å². The molecular formula is C36H47N9O6. The molecule has 0 aliphatic rings. The summed E-state index contributed by atoms with van der Waals surface area (Å²) in [5.41, 5.74) is 7.92. The van der Waals surface area contributed by atoms with Gasteiger partial charge in [0.25, 0.3) is 11.8 Å². The van der Waals surface area contributed by atoms with E-state index in [1.54, 1.807) is 60.7 Å². The number of phenols is 1. The third-order valence-corrected chi connectivity index (χ3v) is 7.14. The van der Waals surface area contributed by atoms with Crippen LogP contribution in [0.3, 0.4) is 0 Å². The van der Waals surface area contributed by atoms with E-state index in [2.05, 4.69) is 41.5 Å². The number of amides is 2. The number of aromatic nitrogens is 3. The van der Waals surface area contributed by atoms with Gasteiger partial charge in [0.05, 0.1) is 33.0 Å². The van der Waals surface area contributed by atoms with Gasteiger partial charge in [-0.25, -0.2) is 0 Å². The highest BCUT2D eigenvalue weighted by molar-refractivity contribution is 5.94. The Labute approximate surface area is 297 Å². The second-order valence-electron chi connectivity index (χ2n) is 11.2. The Morgan fingerprint density at radius 2 is 1.12 bits per heavy atom. The molecule has 2 amide bonds. The molecule has 0 saturated carbocycles. The van der Waals surface area contributed by atoms with Gasteiger partial charge in [0.2, 0.25) is 17.8 Å². The molecule has 0 spiro atoms. The van der Waals surface area contributed by atoms with Crippen LogP contribution in [0.2, 0.25) is 0 Å². The first-order valence-electron chi connectivity index (χ1n) is 17.0. The minimum atomic E-state index is -0.144. The number of nitrogens with zero attached hydrogens (tertiary/aromatic N) is 3. The molecule has 15 heteroatoms. The summed E-state index contributed by atoms with van der Waals surface area (Å²) in [5, 5.41) is 24.8. The average molecular weight is 702 g/mol. The van der Waals surface area contributed by atoms with Crippen molar-refractivity contribution < 1.29 is 28.9 Å². The number of hydrogen-bond donors (Lipinski definition) is 7. The summed E-state index contributed by atoms with van der Waals surface area (Å²) >= 11 is 0. The van der Waals surface area contributed by atoms with Crippen LogP contribution in [0, 0.1) is 0 Å². The van der Waals surface area contributed by atoms with Gasteiger partial charge in [-0.05, 0) is 79.9 Å². The predicted octanol–water partition coefficient (Wildman–Crippen LogP) is 3.81. The van der Waals surface area contributed by atoms with Crippen LogP contribution in [-0.2, 0) is 14.2 Å². The molecule has 0 unspecified atom stereocenters. The van der Waals surface area contributed by atoms with Gasteiger partial charge in [-0.1, -0.05) is 18.2 Å². The Balaban J connectivity index is 1.21. The van der Waals surface area contributed by atoms with E-state index in [9.17, 15) is 14.7 Å². The van der Waals surface area contributed by atoms with Crippen molar-refractivity contribution in [1.29, 1.82) is 0 Å². The summed E-state index contributed by atoms with van der Waals surface area (Å²) in [7, 11) is 0. The predicted molar refractivity (Wildman–Crippen MR) is 196 cm³/mol. The standard InChI is InChI=1S/C36H47N9O6/c37-17-22-49-21-6-2-5-18-38-33(48)28-9-11-29(12-10-28)41-35-43-34(44-36(45-35)42-30-13-15-31(46)16-14-30)40-20-24-51-26-25-50-23-19-39-32(47)27-7-3-1-4-8-27/h1,3-4,7-16,46H,2,5-6,17-26,37H2,(H,38,48)(H,39,47)(H3,40,41,42,43,44,45). The number of aromatic hydroxyl groups is 1. The molecule has 272 valence electrons. The average Bonchev–Trinajstić information content (AvgIpc) is 3.15. The van der Waals surface area contributed by atoms with Crippen LogP contribution in [0.25, 0.3) is 0 Å². The molecular weight excluding hydrogens is 654 g/mol. The van der Waals surface area contributed by atoms with Crippen molar-refractivity contribution in [3.05, 3.63) is 90.0 Å². The molecule has 0 aliphatic heterocycles. The Morgan fingerprint density at radius 3 is 1.76 bits per heavy atom. The fourth-order valence-corrected chi connectivity index (χ4v) is 4.56. The number of nitrogens with two attached hydrogens (primary N) is 1. The third kappa shape index (κ3) is 15.0. The normalized spacial score (nSPS) is 10.8. The Bertz CT molecular complexity index is 1600. The SMILES string of the molecule is NCCOCCCCCNC(=O)c1ccc(Nc2nc(NCCOCCOCCNC(=O)c3ccccc3)nc(Nc3ccc(O)cc3)n2)cc1. The van der Waals surface area contributed by atoms with Gasteiger partial charge < -0.3 is 51.6 Å². The van der Waals surface area contributed by atoms with E-state index in [0.717, 1.165) is 19.3 Å². The molecule has 1 heterocycles. The maximum atomic E-state index is 12.6. The zero-order chi connectivity index (χ0) is 35.9. The highest BCUT2D eigenvalue weighted by Crippen LogP contribution is 2.21. The second kappa shape index (κ2) is 22.4. The van der Waals surface area contributed by atoms with E-state index in [1.807, 2.05) is 18.2 Å². The van der Waals surface area contributed by atoms with Crippen LogP contribution < -0.4 is 32.3 Å². The van der Waals surface area contributed by atoms with Gasteiger partial charge in [0.1, 0.15) is 5.75 Å². The largest absolute Gasteiger partial charge is 0.508 e. The van der Waals surface area contributed by atoms with Crippen molar-refractivity contribution in [2.24, 2.45) is 5.73 Å². The molecule has 0 aliphatic carbocycles. The van der Waals surface area contributed by atoms with Gasteiger partial charge in [0.15, 0.2) is 0 Å². The minimum absolute atomic E-state index is 0.138.